The quantitative estimate of drug-likeness (QED) is 0.107. The lowest BCUT2D eigenvalue weighted by Gasteiger charge is -2.47. The molecule has 0 saturated carbocycles. The van der Waals surface area contributed by atoms with E-state index in [1.165, 1.54) is 127 Å². The first-order valence-corrected chi connectivity index (χ1v) is 48.7. The van der Waals surface area contributed by atoms with Gasteiger partial charge in [0.05, 0.1) is 50.2 Å². The number of allylic oxidation sites excluding steroid dienone is 7. The topological polar surface area (TPSA) is 21.3 Å². The third kappa shape index (κ3) is 14.2. The highest BCUT2D eigenvalue weighted by molar-refractivity contribution is 7.00. The molecule has 136 heavy (non-hydrogen) atoms. The minimum Gasteiger partial charge on any atom is -0.311 e. The number of hydrogen-bond donors (Lipinski definition) is 0. The van der Waals surface area contributed by atoms with Gasteiger partial charge in [-0.1, -0.05) is 399 Å². The van der Waals surface area contributed by atoms with Gasteiger partial charge in [-0.05, 0) is 243 Å². The summed E-state index contributed by atoms with van der Waals surface area (Å²) in [5, 5.41) is 7.26. The van der Waals surface area contributed by atoms with E-state index in [1.54, 1.807) is 0 Å². The van der Waals surface area contributed by atoms with Crippen LogP contribution in [0.1, 0.15) is 136 Å². The van der Waals surface area contributed by atoms with Crippen molar-refractivity contribution in [3.63, 3.8) is 0 Å². The standard InChI is InChI=1S/C130H110BN5/c1-127(2,3)95-63-55-83(56-64-95)87-31-25-35-91(75-87)102-45-29-46-103(92-36-26-32-88(76-92)84-57-65-96(66-58-84)128(4,5)6)125(102)135-120-79-99(132-114-49-19-13-39-106(114)107-40-14-20-50-115(107)132)71-73-112(120)131-113-74-72-100(133-116-51-21-15-41-108(116)109-42-16-22-52-117(109)133)80-121(113)136(123-82-101(81-122(135)124(123)131)134-118-53-23-17-43-110(118)111-44-18-24-54-119(111)134)126-104(93-37-27-33-89(77-93)85-59-67-97(68-60-85)129(7,8)9)47-30-48-105(126)94-38-28-34-90(78-94)86-61-69-98(70-62-86)130(10,11)12/h13-29,31-47,49-76,78-82,93H,30,48,77H2,1-12H3. The lowest BCUT2D eigenvalue weighted by atomic mass is 9.33. The second-order valence-electron chi connectivity index (χ2n) is 42.3. The van der Waals surface area contributed by atoms with Crippen LogP contribution in [-0.2, 0) is 21.7 Å². The Morgan fingerprint density at radius 3 is 1.01 bits per heavy atom. The van der Waals surface area contributed by atoms with Crippen molar-refractivity contribution in [1.82, 2.24) is 13.7 Å². The van der Waals surface area contributed by atoms with Gasteiger partial charge in [-0.25, -0.2) is 0 Å². The lowest BCUT2D eigenvalue weighted by molar-refractivity contribution is 0.590. The van der Waals surface area contributed by atoms with E-state index < -0.39 is 0 Å². The summed E-state index contributed by atoms with van der Waals surface area (Å²) in [6.45, 7) is 27.4. The number of aromatic nitrogens is 3. The molecule has 1 unspecified atom stereocenters. The molecule has 5 heterocycles. The number of hydrogen-bond acceptors (Lipinski definition) is 2. The van der Waals surface area contributed by atoms with Gasteiger partial charge in [-0.3, -0.25) is 0 Å². The number of para-hydroxylation sites is 7. The van der Waals surface area contributed by atoms with E-state index in [1.807, 2.05) is 0 Å². The Labute approximate surface area is 799 Å². The highest BCUT2D eigenvalue weighted by Crippen LogP contribution is 2.56. The third-order valence-corrected chi connectivity index (χ3v) is 29.8. The first-order chi connectivity index (χ1) is 66.0. The molecular weight excluding hydrogens is 1640 g/mol. The fourth-order valence-corrected chi connectivity index (χ4v) is 22.7. The van der Waals surface area contributed by atoms with Crippen molar-refractivity contribution in [2.24, 2.45) is 5.92 Å². The van der Waals surface area contributed by atoms with Crippen molar-refractivity contribution in [3.05, 3.63) is 451 Å². The van der Waals surface area contributed by atoms with E-state index in [4.69, 9.17) is 0 Å². The number of anilines is 5. The monoisotopic (exact) mass is 1750 g/mol. The molecule has 0 bridgehead atoms. The van der Waals surface area contributed by atoms with Gasteiger partial charge < -0.3 is 23.5 Å². The maximum atomic E-state index is 2.85. The Morgan fingerprint density at radius 1 is 0.279 bits per heavy atom. The van der Waals surface area contributed by atoms with Crippen LogP contribution in [0.4, 0.5) is 28.4 Å². The summed E-state index contributed by atoms with van der Waals surface area (Å²) in [4.78, 5) is 5.63. The first kappa shape index (κ1) is 83.8. The van der Waals surface area contributed by atoms with Gasteiger partial charge in [0.15, 0.2) is 0 Å². The van der Waals surface area contributed by atoms with Gasteiger partial charge >= 0.3 is 0 Å². The third-order valence-electron chi connectivity index (χ3n) is 29.8. The van der Waals surface area contributed by atoms with E-state index in [0.717, 1.165) is 131 Å². The van der Waals surface area contributed by atoms with Crippen molar-refractivity contribution >= 4 is 128 Å². The Hall–Kier alpha value is -15.2. The summed E-state index contributed by atoms with van der Waals surface area (Å²) in [6.07, 6.45) is 12.4. The molecule has 24 rings (SSSR count). The van der Waals surface area contributed by atoms with Gasteiger partial charge in [0.25, 0.3) is 6.71 Å². The van der Waals surface area contributed by atoms with E-state index >= 15 is 0 Å². The van der Waals surface area contributed by atoms with Crippen LogP contribution in [0.3, 0.4) is 0 Å². The summed E-state index contributed by atoms with van der Waals surface area (Å²) in [5.41, 5.74) is 43.6. The minimum atomic E-state index is -0.344. The zero-order chi connectivity index (χ0) is 92.4. The smallest absolute Gasteiger partial charge is 0.252 e. The van der Waals surface area contributed by atoms with Gasteiger partial charge in [0, 0.05) is 83.5 Å². The molecule has 0 amide bonds. The molecule has 0 spiro atoms. The maximum Gasteiger partial charge on any atom is 0.252 e. The van der Waals surface area contributed by atoms with Crippen molar-refractivity contribution in [2.75, 3.05) is 9.80 Å². The highest BCUT2D eigenvalue weighted by atomic mass is 15.2. The van der Waals surface area contributed by atoms with Crippen LogP contribution in [0.5, 0.6) is 0 Å². The molecule has 0 N–H and O–H groups in total. The number of fused-ring (bicyclic) bond motifs is 13. The molecule has 0 radical (unpaired) electrons. The highest BCUT2D eigenvalue weighted by Gasteiger charge is 2.47. The normalized spacial score (nSPS) is 14.6. The Kier molecular flexibility index (Phi) is 19.9. The number of rotatable bonds is 13. The van der Waals surface area contributed by atoms with Gasteiger partial charge in [0.1, 0.15) is 0 Å². The number of benzene rings is 17. The molecule has 0 saturated heterocycles. The summed E-state index contributed by atoms with van der Waals surface area (Å²) in [7, 11) is 0. The second kappa shape index (κ2) is 32.3. The molecule has 2 aliphatic heterocycles. The molecule has 17 aromatic carbocycles. The van der Waals surface area contributed by atoms with Gasteiger partial charge in [-0.2, -0.15) is 0 Å². The fourth-order valence-electron chi connectivity index (χ4n) is 22.7. The largest absolute Gasteiger partial charge is 0.311 e. The molecular formula is C130H110BN5. The predicted octanol–water partition coefficient (Wildman–Crippen LogP) is 33.0. The predicted molar refractivity (Wildman–Crippen MR) is 582 cm³/mol. The summed E-state index contributed by atoms with van der Waals surface area (Å²) in [5.74, 6) is -0.0379. The van der Waals surface area contributed by atoms with E-state index in [2.05, 4.69) is 513 Å². The summed E-state index contributed by atoms with van der Waals surface area (Å²) < 4.78 is 7.68. The van der Waals surface area contributed by atoms with Crippen LogP contribution in [0, 0.1) is 5.92 Å². The molecule has 4 aliphatic rings. The van der Waals surface area contributed by atoms with Crippen molar-refractivity contribution in [3.8, 4) is 72.7 Å². The molecule has 2 aliphatic carbocycles. The van der Waals surface area contributed by atoms with Crippen LogP contribution in [0.15, 0.2) is 418 Å². The molecule has 0 fully saturated rings. The molecule has 6 heteroatoms. The Bertz CT molecular complexity index is 8110. The van der Waals surface area contributed by atoms with Crippen LogP contribution in [0.25, 0.3) is 149 Å². The second-order valence-corrected chi connectivity index (χ2v) is 42.3. The van der Waals surface area contributed by atoms with Crippen molar-refractivity contribution < 1.29 is 0 Å². The van der Waals surface area contributed by atoms with Crippen LogP contribution >= 0.6 is 0 Å². The number of nitrogens with zero attached hydrogens (tertiary/aromatic N) is 5. The van der Waals surface area contributed by atoms with Crippen molar-refractivity contribution in [1.29, 1.82) is 0 Å². The van der Waals surface area contributed by atoms with E-state index in [9.17, 15) is 0 Å². The van der Waals surface area contributed by atoms with Crippen LogP contribution in [0.2, 0.25) is 0 Å². The molecule has 1 atom stereocenters. The van der Waals surface area contributed by atoms with Gasteiger partial charge in [-0.15, -0.1) is 0 Å². The zero-order valence-corrected chi connectivity index (χ0v) is 79.7. The molecule has 20 aromatic rings. The lowest BCUT2D eigenvalue weighted by Crippen LogP contribution is -2.62. The Morgan fingerprint density at radius 2 is 0.610 bits per heavy atom. The molecule has 3 aromatic heterocycles. The average Bonchev–Trinajstić information content (AvgIpc) is 0.992. The first-order valence-electron chi connectivity index (χ1n) is 48.7. The van der Waals surface area contributed by atoms with E-state index in [-0.39, 0.29) is 34.3 Å². The van der Waals surface area contributed by atoms with Gasteiger partial charge in [0.2, 0.25) is 0 Å². The fraction of sp³-hybridized carbons (Fsp3) is 0.154. The molecule has 5 nitrogen and oxygen atoms in total. The SMILES string of the molecule is CC(C)(C)c1ccc(C2=CC=CC(C3=CCCC(c4cccc(-c5ccc(C(C)(C)C)cc5)c4)=C3N3c4cc(-n5c6ccccc6c6ccccc65)ccc4B4c5ccc(-n6c7ccccc7c7ccccc76)cc5N(c5c(-c6cccc(-c7ccc(C(C)(C)C)cc7)c6)cccc5-c5cccc(-c6ccc(C(C)(C)C)cc6)c5)c5cc(-n6c7ccccc7c7ccccc76)cc3c54)C2)cc1. The maximum absolute atomic E-state index is 2.85. The van der Waals surface area contributed by atoms with Crippen molar-refractivity contribution in [2.45, 2.75) is 124 Å². The summed E-state index contributed by atoms with van der Waals surface area (Å²) >= 11 is 0. The minimum absolute atomic E-state index is 0.0000803. The van der Waals surface area contributed by atoms with Crippen LogP contribution in [-0.4, -0.2) is 20.4 Å². The Balaban J connectivity index is 0.854. The summed E-state index contributed by atoms with van der Waals surface area (Å²) in [6, 6.07) is 148. The average molecular weight is 1750 g/mol. The molecule has 658 valence electrons. The van der Waals surface area contributed by atoms with E-state index in [0.29, 0.717) is 0 Å². The zero-order valence-electron chi connectivity index (χ0n) is 79.7. The van der Waals surface area contributed by atoms with Crippen LogP contribution < -0.4 is 26.2 Å².